The SMILES string of the molecule is CCCCCCCCCCCCCCN(C(=O)CCCCCCCCCCC)[C@@H]1O[C@H](CO)[C@@H](O)[C@H](O)[C@H]1N(C(=O)OCc1ccccc1)C(=O)[C@H](C)N. The van der Waals surface area contributed by atoms with Crippen LogP contribution < -0.4 is 5.73 Å². The monoisotopic (exact) mass is 762 g/mol. The zero-order chi connectivity index (χ0) is 39.6. The van der Waals surface area contributed by atoms with Crippen molar-refractivity contribution in [3.8, 4) is 0 Å². The average molecular weight is 762 g/mol. The lowest BCUT2D eigenvalue weighted by atomic mass is 9.93. The lowest BCUT2D eigenvalue weighted by Crippen LogP contribution is -2.71. The van der Waals surface area contributed by atoms with Gasteiger partial charge in [-0.1, -0.05) is 166 Å². The van der Waals surface area contributed by atoms with E-state index in [0.29, 0.717) is 23.3 Å². The summed E-state index contributed by atoms with van der Waals surface area (Å²) < 4.78 is 11.8. The van der Waals surface area contributed by atoms with Gasteiger partial charge in [-0.2, -0.15) is 0 Å². The quantitative estimate of drug-likeness (QED) is 0.0598. The third-order valence-electron chi connectivity index (χ3n) is 10.6. The first-order chi connectivity index (χ1) is 26.2. The first-order valence-electron chi connectivity index (χ1n) is 21.4. The number of aliphatic hydroxyl groups excluding tert-OH is 3. The van der Waals surface area contributed by atoms with Crippen LogP contribution in [0.25, 0.3) is 0 Å². The molecule has 0 saturated carbocycles. The van der Waals surface area contributed by atoms with E-state index >= 15 is 0 Å². The van der Waals surface area contributed by atoms with Crippen molar-refractivity contribution in [3.63, 3.8) is 0 Å². The number of benzene rings is 1. The summed E-state index contributed by atoms with van der Waals surface area (Å²) in [6.07, 6.45) is 16.7. The van der Waals surface area contributed by atoms with Crippen LogP contribution >= 0.6 is 0 Å². The van der Waals surface area contributed by atoms with Crippen LogP contribution in [-0.2, 0) is 25.7 Å². The van der Waals surface area contributed by atoms with Crippen LogP contribution in [0.5, 0.6) is 0 Å². The highest BCUT2D eigenvalue weighted by molar-refractivity contribution is 5.95. The third kappa shape index (κ3) is 17.5. The Morgan fingerprint density at radius 1 is 0.741 bits per heavy atom. The Labute approximate surface area is 326 Å². The van der Waals surface area contributed by atoms with Crippen molar-refractivity contribution in [3.05, 3.63) is 35.9 Å². The molecule has 3 amide bonds. The zero-order valence-electron chi connectivity index (χ0n) is 33.9. The molecule has 11 nitrogen and oxygen atoms in total. The lowest BCUT2D eigenvalue weighted by Gasteiger charge is -2.49. The maximum atomic E-state index is 14.1. The van der Waals surface area contributed by atoms with E-state index in [1.165, 1.54) is 95.3 Å². The molecule has 1 saturated heterocycles. The van der Waals surface area contributed by atoms with Crippen molar-refractivity contribution in [2.75, 3.05) is 13.2 Å². The van der Waals surface area contributed by atoms with Gasteiger partial charge in [0.1, 0.15) is 31.0 Å². The smallest absolute Gasteiger partial charge is 0.417 e. The largest absolute Gasteiger partial charge is 0.444 e. The third-order valence-corrected chi connectivity index (χ3v) is 10.6. The van der Waals surface area contributed by atoms with Crippen molar-refractivity contribution >= 4 is 17.9 Å². The standard InChI is InChI=1S/C43H75N3O8/c1-4-6-8-10-12-14-15-16-18-20-22-27-31-45(37(48)30-26-21-19-17-13-11-9-7-5-2)42-38(40(50)39(49)36(32-47)54-42)46(41(51)34(3)44)43(52)53-33-35-28-24-23-25-29-35/h23-25,28-29,34,36,38-40,42,47,49-50H,4-22,26-27,30-33,44H2,1-3H3/t34-,36+,38+,39+,40+,42+/m0/s1. The molecule has 0 unspecified atom stereocenters. The molecule has 54 heavy (non-hydrogen) atoms. The van der Waals surface area contributed by atoms with Gasteiger partial charge in [-0.3, -0.25) is 9.59 Å². The molecule has 0 radical (unpaired) electrons. The van der Waals surface area contributed by atoms with E-state index in [1.54, 1.807) is 24.3 Å². The maximum absolute atomic E-state index is 14.1. The molecule has 11 heteroatoms. The molecule has 1 heterocycles. The van der Waals surface area contributed by atoms with Crippen LogP contribution in [0.15, 0.2) is 30.3 Å². The molecule has 6 atom stereocenters. The van der Waals surface area contributed by atoms with Gasteiger partial charge in [0.05, 0.1) is 12.6 Å². The van der Waals surface area contributed by atoms with Gasteiger partial charge in [-0.05, 0) is 25.3 Å². The van der Waals surface area contributed by atoms with E-state index in [1.807, 2.05) is 6.07 Å². The van der Waals surface area contributed by atoms with Crippen molar-refractivity contribution in [1.82, 2.24) is 9.80 Å². The van der Waals surface area contributed by atoms with Crippen LogP contribution in [0.2, 0.25) is 0 Å². The predicted molar refractivity (Wildman–Crippen MR) is 213 cm³/mol. The summed E-state index contributed by atoms with van der Waals surface area (Å²) in [4.78, 5) is 43.7. The molecule has 5 N–H and O–H groups in total. The van der Waals surface area contributed by atoms with Gasteiger partial charge in [0.25, 0.3) is 0 Å². The fourth-order valence-electron chi connectivity index (χ4n) is 7.23. The highest BCUT2D eigenvalue weighted by Crippen LogP contribution is 2.30. The van der Waals surface area contributed by atoms with Crippen molar-refractivity contribution in [2.24, 2.45) is 5.73 Å². The summed E-state index contributed by atoms with van der Waals surface area (Å²) in [6.45, 7) is 5.32. The molecule has 1 aliphatic heterocycles. The molecular weight excluding hydrogens is 686 g/mol. The lowest BCUT2D eigenvalue weighted by molar-refractivity contribution is -0.244. The van der Waals surface area contributed by atoms with E-state index in [4.69, 9.17) is 15.2 Å². The Morgan fingerprint density at radius 3 is 1.70 bits per heavy atom. The number of amides is 3. The van der Waals surface area contributed by atoms with Crippen LogP contribution in [0.3, 0.4) is 0 Å². The molecule has 1 aromatic carbocycles. The van der Waals surface area contributed by atoms with Crippen LogP contribution in [-0.4, -0.2) is 92.8 Å². The Morgan fingerprint density at radius 2 is 1.22 bits per heavy atom. The molecule has 310 valence electrons. The number of aliphatic hydroxyl groups is 3. The van der Waals surface area contributed by atoms with Gasteiger partial charge < -0.3 is 35.4 Å². The van der Waals surface area contributed by atoms with E-state index in [-0.39, 0.29) is 25.5 Å². The minimum atomic E-state index is -1.75. The summed E-state index contributed by atoms with van der Waals surface area (Å²) >= 11 is 0. The summed E-state index contributed by atoms with van der Waals surface area (Å²) in [6, 6.07) is 6.24. The van der Waals surface area contributed by atoms with Gasteiger partial charge in [0, 0.05) is 13.0 Å². The van der Waals surface area contributed by atoms with Crippen LogP contribution in [0.4, 0.5) is 4.79 Å². The molecule has 2 rings (SSSR count). The number of nitrogens with zero attached hydrogens (tertiary/aromatic N) is 2. The summed E-state index contributed by atoms with van der Waals surface area (Å²) in [7, 11) is 0. The highest BCUT2D eigenvalue weighted by atomic mass is 16.6. The molecular formula is C43H75N3O8. The number of nitrogens with two attached hydrogens (primary N) is 1. The number of rotatable bonds is 29. The second-order valence-corrected chi connectivity index (χ2v) is 15.3. The molecule has 1 aromatic rings. The zero-order valence-corrected chi connectivity index (χ0v) is 33.9. The average Bonchev–Trinajstić information content (AvgIpc) is 3.17. The number of ether oxygens (including phenoxy) is 2. The Balaban J connectivity index is 2.23. The fraction of sp³-hybridized carbons (Fsp3) is 0.791. The molecule has 1 aliphatic rings. The maximum Gasteiger partial charge on any atom is 0.417 e. The summed E-state index contributed by atoms with van der Waals surface area (Å²) in [5.74, 6) is -1.08. The molecule has 1 fully saturated rings. The molecule has 0 aromatic heterocycles. The number of imide groups is 1. The topological polar surface area (TPSA) is 163 Å². The molecule has 0 aliphatic carbocycles. The first-order valence-corrected chi connectivity index (χ1v) is 21.4. The summed E-state index contributed by atoms with van der Waals surface area (Å²) in [5.41, 5.74) is 6.70. The number of carbonyl (C=O) groups is 3. The Bertz CT molecular complexity index is 1140. The van der Waals surface area contributed by atoms with E-state index in [2.05, 4.69) is 13.8 Å². The van der Waals surface area contributed by atoms with Gasteiger partial charge in [-0.25, -0.2) is 9.69 Å². The minimum absolute atomic E-state index is 0.154. The first kappa shape index (κ1) is 47.6. The molecule has 0 spiro atoms. The van der Waals surface area contributed by atoms with Gasteiger partial charge in [0.2, 0.25) is 11.8 Å². The van der Waals surface area contributed by atoms with Crippen LogP contribution in [0.1, 0.15) is 168 Å². The van der Waals surface area contributed by atoms with Crippen molar-refractivity contribution < 1.29 is 39.2 Å². The van der Waals surface area contributed by atoms with Gasteiger partial charge in [-0.15, -0.1) is 0 Å². The van der Waals surface area contributed by atoms with Crippen molar-refractivity contribution in [2.45, 2.75) is 205 Å². The molecule has 0 bridgehead atoms. The number of carbonyl (C=O) groups excluding carboxylic acids is 3. The van der Waals surface area contributed by atoms with E-state index in [0.717, 1.165) is 38.5 Å². The van der Waals surface area contributed by atoms with Crippen molar-refractivity contribution in [1.29, 1.82) is 0 Å². The van der Waals surface area contributed by atoms with E-state index in [9.17, 15) is 29.7 Å². The second kappa shape index (κ2) is 28.8. The highest BCUT2D eigenvalue weighted by Gasteiger charge is 2.53. The van der Waals surface area contributed by atoms with Gasteiger partial charge in [0.15, 0.2) is 6.23 Å². The normalized spacial score (nSPS) is 20.4. The number of hydrogen-bond acceptors (Lipinski definition) is 9. The number of unbranched alkanes of at least 4 members (excludes halogenated alkanes) is 19. The van der Waals surface area contributed by atoms with E-state index < -0.39 is 55.2 Å². The minimum Gasteiger partial charge on any atom is -0.444 e. The fourth-order valence-corrected chi connectivity index (χ4v) is 7.23. The Hall–Kier alpha value is -2.57. The van der Waals surface area contributed by atoms with Gasteiger partial charge >= 0.3 is 6.09 Å². The predicted octanol–water partition coefficient (Wildman–Crippen LogP) is 7.76. The number of hydrogen-bond donors (Lipinski definition) is 4. The van der Waals surface area contributed by atoms with Crippen LogP contribution in [0, 0.1) is 0 Å². The second-order valence-electron chi connectivity index (χ2n) is 15.3. The Kier molecular flexibility index (Phi) is 25.4. The summed E-state index contributed by atoms with van der Waals surface area (Å²) in [5, 5.41) is 32.8.